The first-order valence-corrected chi connectivity index (χ1v) is 7.06. The Bertz CT molecular complexity index is 791. The molecule has 0 unspecified atom stereocenters. The Morgan fingerprint density at radius 1 is 1.17 bits per heavy atom. The molecular formula is C13H13F3N6O2. The highest BCUT2D eigenvalue weighted by Gasteiger charge is 2.33. The van der Waals surface area contributed by atoms with E-state index in [1.807, 2.05) is 0 Å². The Morgan fingerprint density at radius 2 is 1.88 bits per heavy atom. The summed E-state index contributed by atoms with van der Waals surface area (Å²) >= 11 is 0. The number of hydrogen-bond acceptors (Lipinski definition) is 5. The van der Waals surface area contributed by atoms with Gasteiger partial charge in [-0.05, 0) is 0 Å². The van der Waals surface area contributed by atoms with E-state index in [-0.39, 0.29) is 17.4 Å². The molecule has 3 heterocycles. The number of hydrogen-bond donors (Lipinski definition) is 2. The van der Waals surface area contributed by atoms with Gasteiger partial charge in [0.2, 0.25) is 0 Å². The van der Waals surface area contributed by atoms with Crippen LogP contribution in [0.1, 0.15) is 16.2 Å². The van der Waals surface area contributed by atoms with Gasteiger partial charge in [-0.1, -0.05) is 0 Å². The molecule has 11 heteroatoms. The number of nitrogens with one attached hydrogen (secondary N) is 2. The van der Waals surface area contributed by atoms with Gasteiger partial charge in [0, 0.05) is 38.4 Å². The Balaban J connectivity index is 1.67. The van der Waals surface area contributed by atoms with Gasteiger partial charge in [0.25, 0.3) is 5.91 Å². The van der Waals surface area contributed by atoms with Crippen LogP contribution in [0.15, 0.2) is 23.4 Å². The summed E-state index contributed by atoms with van der Waals surface area (Å²) in [4.78, 5) is 38.2. The summed E-state index contributed by atoms with van der Waals surface area (Å²) < 4.78 is 38.1. The van der Waals surface area contributed by atoms with Gasteiger partial charge >= 0.3 is 11.9 Å². The predicted octanol–water partition coefficient (Wildman–Crippen LogP) is 0.474. The second-order valence-corrected chi connectivity index (χ2v) is 5.19. The molecule has 2 aromatic rings. The number of carbonyl (C=O) groups is 1. The second-order valence-electron chi connectivity index (χ2n) is 5.19. The van der Waals surface area contributed by atoms with Gasteiger partial charge in [-0.25, -0.2) is 14.8 Å². The number of amides is 1. The van der Waals surface area contributed by atoms with Crippen LogP contribution in [0.25, 0.3) is 0 Å². The van der Waals surface area contributed by atoms with E-state index in [0.29, 0.717) is 26.2 Å². The number of aromatic nitrogens is 4. The van der Waals surface area contributed by atoms with E-state index < -0.39 is 17.6 Å². The van der Waals surface area contributed by atoms with Gasteiger partial charge in [-0.15, -0.1) is 0 Å². The normalized spacial score (nSPS) is 15.6. The average Bonchev–Trinajstić information content (AvgIpc) is 3.00. The van der Waals surface area contributed by atoms with Crippen molar-refractivity contribution >= 4 is 11.7 Å². The number of rotatable bonds is 2. The lowest BCUT2D eigenvalue weighted by molar-refractivity contribution is -0.141. The van der Waals surface area contributed by atoms with Gasteiger partial charge < -0.3 is 19.8 Å². The second kappa shape index (κ2) is 5.98. The summed E-state index contributed by atoms with van der Waals surface area (Å²) in [5, 5.41) is 0. The summed E-state index contributed by atoms with van der Waals surface area (Å²) in [6.45, 7) is 1.26. The highest BCUT2D eigenvalue weighted by molar-refractivity contribution is 5.92. The summed E-state index contributed by atoms with van der Waals surface area (Å²) in [6, 6.07) is 0.890. The van der Waals surface area contributed by atoms with E-state index in [0.717, 1.165) is 12.4 Å². The van der Waals surface area contributed by atoms with Crippen molar-refractivity contribution in [2.75, 3.05) is 31.1 Å². The number of H-pyrrole nitrogens is 2. The van der Waals surface area contributed by atoms with Crippen molar-refractivity contribution in [1.82, 2.24) is 24.8 Å². The Morgan fingerprint density at radius 3 is 2.46 bits per heavy atom. The maximum absolute atomic E-state index is 12.7. The zero-order valence-corrected chi connectivity index (χ0v) is 12.3. The van der Waals surface area contributed by atoms with Crippen LogP contribution in [0.3, 0.4) is 0 Å². The summed E-state index contributed by atoms with van der Waals surface area (Å²) in [6.07, 6.45) is -2.37. The smallest absolute Gasteiger partial charge is 0.353 e. The van der Waals surface area contributed by atoms with Crippen LogP contribution in [0.5, 0.6) is 0 Å². The third-order valence-electron chi connectivity index (χ3n) is 3.66. The molecule has 1 aliphatic heterocycles. The molecule has 24 heavy (non-hydrogen) atoms. The van der Waals surface area contributed by atoms with E-state index >= 15 is 0 Å². The maximum Gasteiger partial charge on any atom is 0.433 e. The molecule has 0 spiro atoms. The maximum atomic E-state index is 12.7. The first kappa shape index (κ1) is 16.0. The van der Waals surface area contributed by atoms with Crippen LogP contribution in [-0.2, 0) is 6.18 Å². The van der Waals surface area contributed by atoms with Crippen molar-refractivity contribution in [1.29, 1.82) is 0 Å². The Labute approximate surface area is 133 Å². The minimum absolute atomic E-state index is 0.148. The van der Waals surface area contributed by atoms with Crippen molar-refractivity contribution in [2.24, 2.45) is 0 Å². The lowest BCUT2D eigenvalue weighted by Crippen LogP contribution is -2.49. The number of piperazine rings is 1. The molecule has 2 N–H and O–H groups in total. The minimum Gasteiger partial charge on any atom is -0.353 e. The first-order valence-electron chi connectivity index (χ1n) is 7.06. The third-order valence-corrected chi connectivity index (χ3v) is 3.66. The number of anilines is 1. The molecule has 1 saturated heterocycles. The van der Waals surface area contributed by atoms with Gasteiger partial charge in [0.15, 0.2) is 0 Å². The van der Waals surface area contributed by atoms with Crippen LogP contribution in [-0.4, -0.2) is 56.9 Å². The highest BCUT2D eigenvalue weighted by atomic mass is 19.4. The molecule has 8 nitrogen and oxygen atoms in total. The Hall–Kier alpha value is -2.85. The van der Waals surface area contributed by atoms with Crippen LogP contribution in [0.4, 0.5) is 19.0 Å². The Kier molecular flexibility index (Phi) is 3.99. The number of aromatic amines is 2. The molecule has 1 amide bonds. The summed E-state index contributed by atoms with van der Waals surface area (Å²) in [5.41, 5.74) is -1.33. The quantitative estimate of drug-likeness (QED) is 0.827. The zero-order valence-electron chi connectivity index (χ0n) is 12.3. The molecule has 1 fully saturated rings. The molecular weight excluding hydrogens is 329 g/mol. The van der Waals surface area contributed by atoms with Gasteiger partial charge in [-0.2, -0.15) is 13.2 Å². The number of alkyl halides is 3. The minimum atomic E-state index is -4.53. The molecule has 1 aliphatic rings. The van der Waals surface area contributed by atoms with Crippen LogP contribution in [0.2, 0.25) is 0 Å². The molecule has 0 atom stereocenters. The number of imidazole rings is 1. The van der Waals surface area contributed by atoms with Gasteiger partial charge in [-0.3, -0.25) is 4.79 Å². The fraction of sp³-hybridized carbons (Fsp3) is 0.385. The van der Waals surface area contributed by atoms with Crippen molar-refractivity contribution in [3.8, 4) is 0 Å². The van der Waals surface area contributed by atoms with E-state index in [1.165, 1.54) is 11.1 Å². The lowest BCUT2D eigenvalue weighted by Gasteiger charge is -2.35. The molecule has 128 valence electrons. The van der Waals surface area contributed by atoms with Crippen molar-refractivity contribution in [3.05, 3.63) is 40.5 Å². The third kappa shape index (κ3) is 3.24. The van der Waals surface area contributed by atoms with Crippen LogP contribution < -0.4 is 10.6 Å². The molecule has 0 bridgehead atoms. The molecule has 2 aromatic heterocycles. The van der Waals surface area contributed by atoms with Crippen LogP contribution >= 0.6 is 0 Å². The number of nitrogens with zero attached hydrogens (tertiary/aromatic N) is 4. The largest absolute Gasteiger partial charge is 0.433 e. The molecule has 0 aromatic carbocycles. The molecule has 0 aliphatic carbocycles. The molecule has 3 rings (SSSR count). The van der Waals surface area contributed by atoms with Crippen molar-refractivity contribution in [3.63, 3.8) is 0 Å². The predicted molar refractivity (Wildman–Crippen MR) is 76.6 cm³/mol. The SMILES string of the molecule is O=C(c1c[nH]c(=O)[nH]1)N1CCN(c2cc(C(F)(F)F)ncn2)CC1. The van der Waals surface area contributed by atoms with Crippen molar-refractivity contribution in [2.45, 2.75) is 6.18 Å². The van der Waals surface area contributed by atoms with E-state index in [4.69, 9.17) is 0 Å². The monoisotopic (exact) mass is 342 g/mol. The van der Waals surface area contributed by atoms with Crippen LogP contribution in [0, 0.1) is 0 Å². The molecule has 0 radical (unpaired) electrons. The molecule has 0 saturated carbocycles. The van der Waals surface area contributed by atoms with Gasteiger partial charge in [0.1, 0.15) is 23.5 Å². The average molecular weight is 342 g/mol. The van der Waals surface area contributed by atoms with E-state index in [9.17, 15) is 22.8 Å². The van der Waals surface area contributed by atoms with E-state index in [2.05, 4.69) is 19.9 Å². The highest BCUT2D eigenvalue weighted by Crippen LogP contribution is 2.29. The van der Waals surface area contributed by atoms with E-state index in [1.54, 1.807) is 4.90 Å². The summed E-state index contributed by atoms with van der Waals surface area (Å²) in [5.74, 6) is -0.175. The standard InChI is InChI=1S/C13H13F3N6O2/c14-13(15,16)9-5-10(19-7-18-9)21-1-3-22(4-2-21)11(23)8-6-17-12(24)20-8/h5-7H,1-4H2,(H2,17,20,24). The fourth-order valence-electron chi connectivity index (χ4n) is 2.43. The lowest BCUT2D eigenvalue weighted by atomic mass is 10.2. The number of carbonyl (C=O) groups excluding carboxylic acids is 1. The van der Waals surface area contributed by atoms with Crippen molar-refractivity contribution < 1.29 is 18.0 Å². The zero-order chi connectivity index (χ0) is 17.3. The fourth-order valence-corrected chi connectivity index (χ4v) is 2.43. The number of halogens is 3. The van der Waals surface area contributed by atoms with Gasteiger partial charge in [0.05, 0.1) is 0 Å². The first-order chi connectivity index (χ1) is 11.3. The topological polar surface area (TPSA) is 98.0 Å². The summed E-state index contributed by atoms with van der Waals surface area (Å²) in [7, 11) is 0.